The minimum atomic E-state index is -0.655. The highest BCUT2D eigenvalue weighted by atomic mass is 16.5. The molecule has 0 atom stereocenters. The second kappa shape index (κ2) is 10.3. The van der Waals surface area contributed by atoms with Gasteiger partial charge < -0.3 is 19.5 Å². The van der Waals surface area contributed by atoms with Crippen molar-refractivity contribution < 1.29 is 28.6 Å². The highest BCUT2D eigenvalue weighted by Crippen LogP contribution is 2.29. The molecular formula is C26H24N4O6. The Bertz CT molecular complexity index is 1480. The van der Waals surface area contributed by atoms with E-state index in [-0.39, 0.29) is 29.1 Å². The van der Waals surface area contributed by atoms with Gasteiger partial charge in [-0.1, -0.05) is 18.2 Å². The predicted molar refractivity (Wildman–Crippen MR) is 132 cm³/mol. The molecule has 2 heterocycles. The number of carbonyl (C=O) groups is 3. The molecule has 0 fully saturated rings. The van der Waals surface area contributed by atoms with E-state index in [1.807, 2.05) is 19.1 Å². The molecule has 0 aliphatic carbocycles. The lowest BCUT2D eigenvalue weighted by atomic mass is 10.1. The molecule has 0 radical (unpaired) electrons. The van der Waals surface area contributed by atoms with Crippen LogP contribution in [0, 0.1) is 6.92 Å². The van der Waals surface area contributed by atoms with E-state index in [9.17, 15) is 14.4 Å². The molecule has 36 heavy (non-hydrogen) atoms. The molecule has 0 spiro atoms. The first kappa shape index (κ1) is 24.4. The summed E-state index contributed by atoms with van der Waals surface area (Å²) in [5, 5.41) is 7.94. The number of aromatic nitrogens is 3. The number of rotatable bonds is 7. The number of methoxy groups -OCH3 is 2. The molecule has 4 aromatic rings. The number of hydrogen-bond acceptors (Lipinski definition) is 8. The molecule has 0 aliphatic rings. The fourth-order valence-electron chi connectivity index (χ4n) is 3.73. The maximum atomic E-state index is 13.2. The third kappa shape index (κ3) is 4.61. The number of esters is 2. The van der Waals surface area contributed by atoms with Crippen LogP contribution < -0.4 is 10.1 Å². The minimum Gasteiger partial charge on any atom is -0.494 e. The van der Waals surface area contributed by atoms with Crippen molar-refractivity contribution in [3.05, 3.63) is 77.0 Å². The summed E-state index contributed by atoms with van der Waals surface area (Å²) in [6, 6.07) is 13.4. The van der Waals surface area contributed by atoms with E-state index in [2.05, 4.69) is 10.4 Å². The topological polar surface area (TPSA) is 122 Å². The third-order valence-electron chi connectivity index (χ3n) is 5.48. The molecule has 10 nitrogen and oxygen atoms in total. The van der Waals surface area contributed by atoms with Crippen molar-refractivity contribution in [2.75, 3.05) is 26.1 Å². The Kier molecular flexibility index (Phi) is 6.95. The Hall–Kier alpha value is -4.73. The van der Waals surface area contributed by atoms with E-state index in [1.54, 1.807) is 32.2 Å². The van der Waals surface area contributed by atoms with Crippen molar-refractivity contribution in [2.45, 2.75) is 13.8 Å². The monoisotopic (exact) mass is 488 g/mol. The summed E-state index contributed by atoms with van der Waals surface area (Å²) in [5.74, 6) is -0.797. The molecule has 0 saturated carbocycles. The zero-order valence-electron chi connectivity index (χ0n) is 20.2. The van der Waals surface area contributed by atoms with Gasteiger partial charge in [0.2, 0.25) is 0 Å². The number of hydrogen-bond donors (Lipinski definition) is 1. The lowest BCUT2D eigenvalue weighted by Crippen LogP contribution is -2.19. The summed E-state index contributed by atoms with van der Waals surface area (Å²) in [6.07, 6.45) is 1.31. The van der Waals surface area contributed by atoms with Crippen LogP contribution in [0.1, 0.15) is 43.6 Å². The standard InChI is InChI=1S/C26H24N4O6/c1-5-36-26(33)19-14-27-30(21-12-15(2)18-10-7-11-20(34-3)22(18)28-21)23(19)29-24(31)16-8-6-9-17(13-16)25(32)35-4/h6-14H,5H2,1-4H3,(H,29,31). The van der Waals surface area contributed by atoms with Gasteiger partial charge in [-0.25, -0.2) is 14.6 Å². The number of nitrogens with zero attached hydrogens (tertiary/aromatic N) is 3. The van der Waals surface area contributed by atoms with Crippen molar-refractivity contribution in [2.24, 2.45) is 0 Å². The second-order valence-electron chi connectivity index (χ2n) is 7.72. The molecule has 0 aliphatic heterocycles. The number of carbonyl (C=O) groups excluding carboxylic acids is 3. The van der Waals surface area contributed by atoms with Crippen LogP contribution >= 0.6 is 0 Å². The minimum absolute atomic E-state index is 0.0499. The first-order valence-corrected chi connectivity index (χ1v) is 11.1. The summed E-state index contributed by atoms with van der Waals surface area (Å²) < 4.78 is 16.7. The van der Waals surface area contributed by atoms with Gasteiger partial charge in [-0.05, 0) is 49.7 Å². The number of amides is 1. The molecule has 184 valence electrons. The molecule has 2 aromatic carbocycles. The van der Waals surface area contributed by atoms with Crippen molar-refractivity contribution in [3.63, 3.8) is 0 Å². The number of ether oxygens (including phenoxy) is 3. The van der Waals surface area contributed by atoms with Gasteiger partial charge in [0, 0.05) is 10.9 Å². The SMILES string of the molecule is CCOC(=O)c1cnn(-c2cc(C)c3cccc(OC)c3n2)c1NC(=O)c1cccc(C(=O)OC)c1. The zero-order valence-corrected chi connectivity index (χ0v) is 20.2. The van der Waals surface area contributed by atoms with Gasteiger partial charge in [-0.3, -0.25) is 4.79 Å². The highest BCUT2D eigenvalue weighted by molar-refractivity contribution is 6.08. The van der Waals surface area contributed by atoms with Crippen LogP contribution in [0.2, 0.25) is 0 Å². The normalized spacial score (nSPS) is 10.7. The molecule has 1 amide bonds. The quantitative estimate of drug-likeness (QED) is 0.388. The van der Waals surface area contributed by atoms with Crippen molar-refractivity contribution in [1.82, 2.24) is 14.8 Å². The van der Waals surface area contributed by atoms with Gasteiger partial charge in [0.1, 0.15) is 16.8 Å². The van der Waals surface area contributed by atoms with Gasteiger partial charge in [-0.15, -0.1) is 0 Å². The number of anilines is 1. The third-order valence-corrected chi connectivity index (χ3v) is 5.48. The number of pyridine rings is 1. The van der Waals surface area contributed by atoms with E-state index < -0.39 is 17.8 Å². The summed E-state index contributed by atoms with van der Waals surface area (Å²) in [4.78, 5) is 42.4. The molecule has 1 N–H and O–H groups in total. The molecule has 2 aromatic heterocycles. The molecule has 4 rings (SSSR count). The first-order chi connectivity index (χ1) is 17.4. The van der Waals surface area contributed by atoms with Gasteiger partial charge >= 0.3 is 11.9 Å². The fraction of sp³-hybridized carbons (Fsp3) is 0.192. The highest BCUT2D eigenvalue weighted by Gasteiger charge is 2.24. The Balaban J connectivity index is 1.82. The Morgan fingerprint density at radius 3 is 2.47 bits per heavy atom. The number of benzene rings is 2. The van der Waals surface area contributed by atoms with Crippen molar-refractivity contribution >= 4 is 34.6 Å². The van der Waals surface area contributed by atoms with Gasteiger partial charge in [0.15, 0.2) is 11.6 Å². The lowest BCUT2D eigenvalue weighted by molar-refractivity contribution is 0.0526. The van der Waals surface area contributed by atoms with E-state index in [0.29, 0.717) is 17.1 Å². The zero-order chi connectivity index (χ0) is 25.8. The predicted octanol–water partition coefficient (Wildman–Crippen LogP) is 3.95. The molecule has 0 saturated heterocycles. The maximum absolute atomic E-state index is 13.2. The van der Waals surface area contributed by atoms with Gasteiger partial charge in [0.05, 0.1) is 32.6 Å². The Labute approximate surface area is 206 Å². The molecule has 0 bridgehead atoms. The average molecular weight is 489 g/mol. The van der Waals surface area contributed by atoms with Crippen LogP contribution in [0.3, 0.4) is 0 Å². The molecule has 10 heteroatoms. The second-order valence-corrected chi connectivity index (χ2v) is 7.72. The number of nitrogens with one attached hydrogen (secondary N) is 1. The van der Waals surface area contributed by atoms with E-state index in [1.165, 1.54) is 36.2 Å². The van der Waals surface area contributed by atoms with Crippen molar-refractivity contribution in [3.8, 4) is 11.6 Å². The number of aryl methyl sites for hydroxylation is 1. The van der Waals surface area contributed by atoms with Gasteiger partial charge in [0.25, 0.3) is 5.91 Å². The van der Waals surface area contributed by atoms with Crippen molar-refractivity contribution in [1.29, 1.82) is 0 Å². The van der Waals surface area contributed by atoms with Gasteiger partial charge in [-0.2, -0.15) is 9.78 Å². The summed E-state index contributed by atoms with van der Waals surface area (Å²) in [5.41, 5.74) is 1.94. The Morgan fingerprint density at radius 2 is 1.75 bits per heavy atom. The van der Waals surface area contributed by atoms with Crippen LogP contribution in [-0.2, 0) is 9.47 Å². The summed E-state index contributed by atoms with van der Waals surface area (Å²) in [6.45, 7) is 3.74. The first-order valence-electron chi connectivity index (χ1n) is 11.1. The fourth-order valence-corrected chi connectivity index (χ4v) is 3.73. The van der Waals surface area contributed by atoms with Crippen LogP contribution in [0.25, 0.3) is 16.7 Å². The molecular weight excluding hydrogens is 464 g/mol. The lowest BCUT2D eigenvalue weighted by Gasteiger charge is -2.13. The number of fused-ring (bicyclic) bond motifs is 1. The van der Waals surface area contributed by atoms with Crippen LogP contribution in [0.4, 0.5) is 5.82 Å². The van der Waals surface area contributed by atoms with E-state index in [4.69, 9.17) is 19.2 Å². The average Bonchev–Trinajstić information content (AvgIpc) is 3.31. The number of para-hydroxylation sites is 1. The Morgan fingerprint density at radius 1 is 1.00 bits per heavy atom. The largest absolute Gasteiger partial charge is 0.494 e. The van der Waals surface area contributed by atoms with Crippen LogP contribution in [0.15, 0.2) is 54.7 Å². The van der Waals surface area contributed by atoms with E-state index >= 15 is 0 Å². The van der Waals surface area contributed by atoms with E-state index in [0.717, 1.165) is 10.9 Å². The van der Waals surface area contributed by atoms with Crippen LogP contribution in [0.5, 0.6) is 5.75 Å². The van der Waals surface area contributed by atoms with Crippen LogP contribution in [-0.4, -0.2) is 53.4 Å². The maximum Gasteiger partial charge on any atom is 0.343 e. The summed E-state index contributed by atoms with van der Waals surface area (Å²) in [7, 11) is 2.81. The molecule has 0 unspecified atom stereocenters. The summed E-state index contributed by atoms with van der Waals surface area (Å²) >= 11 is 0. The smallest absolute Gasteiger partial charge is 0.343 e.